The number of aromatic nitrogens is 2. The van der Waals surface area contributed by atoms with Gasteiger partial charge in [-0.05, 0) is 12.1 Å². The van der Waals surface area contributed by atoms with E-state index in [0.29, 0.717) is 0 Å². The van der Waals surface area contributed by atoms with Crippen molar-refractivity contribution in [3.63, 3.8) is 0 Å². The van der Waals surface area contributed by atoms with Crippen molar-refractivity contribution in [2.75, 3.05) is 0 Å². The minimum Gasteiger partial charge on any atom is -0.154 e. The summed E-state index contributed by atoms with van der Waals surface area (Å²) in [6.45, 7) is 0. The summed E-state index contributed by atoms with van der Waals surface area (Å²) in [5.74, 6) is 0. The van der Waals surface area contributed by atoms with Crippen LogP contribution in [0.25, 0.3) is 10.9 Å². The van der Waals surface area contributed by atoms with Crippen LogP contribution in [0.1, 0.15) is 5.69 Å². The van der Waals surface area contributed by atoms with Gasteiger partial charge in [-0.3, -0.25) is 0 Å². The molecule has 2 aromatic rings. The molecule has 1 aromatic carbocycles. The molecule has 0 aliphatic rings. The maximum Gasteiger partial charge on any atom is 0.0929 e. The molecule has 0 atom stereocenters. The predicted octanol–water partition coefficient (Wildman–Crippen LogP) is 2.52. The highest BCUT2D eigenvalue weighted by atomic mass is 79.9. The third kappa shape index (κ3) is 1.32. The van der Waals surface area contributed by atoms with E-state index in [4.69, 9.17) is 0 Å². The average molecular weight is 223 g/mol. The second-order valence-corrected chi connectivity index (χ2v) is 3.09. The molecular weight excluding hydrogens is 216 g/mol. The van der Waals surface area contributed by atoms with Gasteiger partial charge in [0.25, 0.3) is 0 Å². The molecule has 1 aromatic heterocycles. The van der Waals surface area contributed by atoms with Crippen molar-refractivity contribution in [3.8, 4) is 0 Å². The molecule has 0 radical (unpaired) electrons. The molecule has 0 unspecified atom stereocenters. The smallest absolute Gasteiger partial charge is 0.0929 e. The van der Waals surface area contributed by atoms with Gasteiger partial charge in [0.05, 0.1) is 11.2 Å². The Kier molecular flexibility index (Phi) is 2.04. The Hall–Kier alpha value is -0.960. The molecule has 0 amide bonds. The maximum absolute atomic E-state index is 4.07. The van der Waals surface area contributed by atoms with Crippen LogP contribution in [0.3, 0.4) is 0 Å². The Morgan fingerprint density at radius 2 is 2.00 bits per heavy atom. The summed E-state index contributed by atoms with van der Waals surface area (Å²) >= 11 is 3.34. The van der Waals surface area contributed by atoms with Crippen LogP contribution >= 0.6 is 15.9 Å². The number of hydrogen-bond acceptors (Lipinski definition) is 2. The fraction of sp³-hybridized carbons (Fsp3) is 0.111. The van der Waals surface area contributed by atoms with E-state index in [0.717, 1.165) is 21.9 Å². The predicted molar refractivity (Wildman–Crippen MR) is 52.2 cm³/mol. The number of nitrogens with zero attached hydrogens (tertiary/aromatic N) is 2. The Morgan fingerprint density at radius 1 is 1.17 bits per heavy atom. The summed E-state index contributed by atoms with van der Waals surface area (Å²) in [5.41, 5.74) is 1.91. The van der Waals surface area contributed by atoms with Gasteiger partial charge in [-0.1, -0.05) is 34.1 Å². The number of hydrogen-bond donors (Lipinski definition) is 0. The van der Waals surface area contributed by atoms with Crippen molar-refractivity contribution in [1.82, 2.24) is 10.2 Å². The zero-order valence-electron chi connectivity index (χ0n) is 6.37. The second-order valence-electron chi connectivity index (χ2n) is 2.53. The average Bonchev–Trinajstić information content (AvgIpc) is 2.17. The number of halogens is 1. The SMILES string of the molecule is BrCc1cc2ccccc2nn1. The van der Waals surface area contributed by atoms with Crippen molar-refractivity contribution < 1.29 is 0 Å². The molecular formula is C9H7BrN2. The van der Waals surface area contributed by atoms with Gasteiger partial charge in [-0.25, -0.2) is 0 Å². The quantitative estimate of drug-likeness (QED) is 0.694. The van der Waals surface area contributed by atoms with Crippen LogP contribution in [-0.4, -0.2) is 10.2 Å². The molecule has 3 heteroatoms. The zero-order chi connectivity index (χ0) is 8.39. The molecule has 2 nitrogen and oxygen atoms in total. The summed E-state index contributed by atoms with van der Waals surface area (Å²) < 4.78 is 0. The Morgan fingerprint density at radius 3 is 2.83 bits per heavy atom. The first-order valence-electron chi connectivity index (χ1n) is 3.67. The van der Waals surface area contributed by atoms with E-state index in [-0.39, 0.29) is 0 Å². The highest BCUT2D eigenvalue weighted by molar-refractivity contribution is 9.08. The lowest BCUT2D eigenvalue weighted by atomic mass is 10.2. The topological polar surface area (TPSA) is 25.8 Å². The molecule has 12 heavy (non-hydrogen) atoms. The van der Waals surface area contributed by atoms with Crippen molar-refractivity contribution in [2.45, 2.75) is 5.33 Å². The summed E-state index contributed by atoms with van der Waals surface area (Å²) in [4.78, 5) is 0. The summed E-state index contributed by atoms with van der Waals surface area (Å²) in [6, 6.07) is 10.0. The molecule has 0 fully saturated rings. The Labute approximate surface area is 78.8 Å². The lowest BCUT2D eigenvalue weighted by Gasteiger charge is -1.96. The zero-order valence-corrected chi connectivity index (χ0v) is 7.95. The minimum absolute atomic E-state index is 0.755. The molecule has 0 saturated carbocycles. The number of fused-ring (bicyclic) bond motifs is 1. The summed E-state index contributed by atoms with van der Waals surface area (Å²) in [6.07, 6.45) is 0. The highest BCUT2D eigenvalue weighted by Crippen LogP contribution is 2.11. The third-order valence-corrected chi connectivity index (χ3v) is 2.26. The number of benzene rings is 1. The van der Waals surface area contributed by atoms with Gasteiger partial charge in [-0.15, -0.1) is 0 Å². The summed E-state index contributed by atoms with van der Waals surface area (Å²) in [5, 5.41) is 10.00. The fourth-order valence-corrected chi connectivity index (χ4v) is 1.37. The van der Waals surface area contributed by atoms with Crippen LogP contribution < -0.4 is 0 Å². The molecule has 0 bridgehead atoms. The van der Waals surface area contributed by atoms with Crippen LogP contribution in [0.2, 0.25) is 0 Å². The molecule has 2 rings (SSSR count). The minimum atomic E-state index is 0.755. The highest BCUT2D eigenvalue weighted by Gasteiger charge is 1.95. The van der Waals surface area contributed by atoms with E-state index in [1.165, 1.54) is 0 Å². The Balaban J connectivity index is 2.67. The van der Waals surface area contributed by atoms with E-state index in [2.05, 4.69) is 26.1 Å². The lowest BCUT2D eigenvalue weighted by molar-refractivity contribution is 1.01. The van der Waals surface area contributed by atoms with Gasteiger partial charge >= 0.3 is 0 Å². The van der Waals surface area contributed by atoms with Gasteiger partial charge in [-0.2, -0.15) is 10.2 Å². The molecule has 0 aliphatic carbocycles. The fourth-order valence-electron chi connectivity index (χ4n) is 1.09. The largest absolute Gasteiger partial charge is 0.154 e. The molecule has 60 valence electrons. The van der Waals surface area contributed by atoms with Gasteiger partial charge in [0.1, 0.15) is 0 Å². The molecule has 0 N–H and O–H groups in total. The normalized spacial score (nSPS) is 10.4. The first kappa shape index (κ1) is 7.68. The maximum atomic E-state index is 4.07. The standard InChI is InChI=1S/C9H7BrN2/c10-6-8-5-7-3-1-2-4-9(7)12-11-8/h1-5H,6H2. The first-order chi connectivity index (χ1) is 5.90. The van der Waals surface area contributed by atoms with E-state index in [9.17, 15) is 0 Å². The monoisotopic (exact) mass is 222 g/mol. The lowest BCUT2D eigenvalue weighted by Crippen LogP contribution is -1.89. The second kappa shape index (κ2) is 3.19. The van der Waals surface area contributed by atoms with Crippen LogP contribution in [0.15, 0.2) is 30.3 Å². The first-order valence-corrected chi connectivity index (χ1v) is 4.79. The molecule has 0 aliphatic heterocycles. The molecule has 1 heterocycles. The molecule has 0 saturated heterocycles. The Bertz CT molecular complexity index is 400. The van der Waals surface area contributed by atoms with E-state index in [1.807, 2.05) is 30.3 Å². The van der Waals surface area contributed by atoms with Crippen molar-refractivity contribution in [2.24, 2.45) is 0 Å². The van der Waals surface area contributed by atoms with Crippen LogP contribution in [0, 0.1) is 0 Å². The molecule has 0 spiro atoms. The van der Waals surface area contributed by atoms with Crippen molar-refractivity contribution >= 4 is 26.8 Å². The van der Waals surface area contributed by atoms with Crippen molar-refractivity contribution in [1.29, 1.82) is 0 Å². The van der Waals surface area contributed by atoms with Gasteiger partial charge in [0, 0.05) is 10.7 Å². The van der Waals surface area contributed by atoms with Gasteiger partial charge in [0.2, 0.25) is 0 Å². The summed E-state index contributed by atoms with van der Waals surface area (Å²) in [7, 11) is 0. The van der Waals surface area contributed by atoms with Crippen molar-refractivity contribution in [3.05, 3.63) is 36.0 Å². The van der Waals surface area contributed by atoms with Gasteiger partial charge < -0.3 is 0 Å². The van der Waals surface area contributed by atoms with Crippen LogP contribution in [0.4, 0.5) is 0 Å². The number of rotatable bonds is 1. The van der Waals surface area contributed by atoms with E-state index >= 15 is 0 Å². The third-order valence-electron chi connectivity index (χ3n) is 1.68. The van der Waals surface area contributed by atoms with Crippen LogP contribution in [0.5, 0.6) is 0 Å². The van der Waals surface area contributed by atoms with Gasteiger partial charge in [0.15, 0.2) is 0 Å². The van der Waals surface area contributed by atoms with E-state index < -0.39 is 0 Å². The van der Waals surface area contributed by atoms with Crippen LogP contribution in [-0.2, 0) is 5.33 Å². The number of alkyl halides is 1. The van der Waals surface area contributed by atoms with E-state index in [1.54, 1.807) is 0 Å².